The molecular weight excluding hydrogens is 286 g/mol. The second-order valence-corrected chi connectivity index (χ2v) is 5.76. The number of carbonyl (C=O) groups excluding carboxylic acids is 1. The molecule has 1 N–H and O–H groups in total. The predicted molar refractivity (Wildman–Crippen MR) is 83.3 cm³/mol. The van der Waals surface area contributed by atoms with E-state index in [2.05, 4.69) is 15.5 Å². The molecule has 0 bridgehead atoms. The van der Waals surface area contributed by atoms with Gasteiger partial charge in [0.15, 0.2) is 0 Å². The van der Waals surface area contributed by atoms with Gasteiger partial charge in [0.05, 0.1) is 0 Å². The predicted octanol–water partition coefficient (Wildman–Crippen LogP) is 3.21. The third-order valence-electron chi connectivity index (χ3n) is 3.00. The van der Waals surface area contributed by atoms with E-state index in [1.807, 2.05) is 44.2 Å². The van der Waals surface area contributed by atoms with Gasteiger partial charge in [-0.15, -0.1) is 10.2 Å². The van der Waals surface area contributed by atoms with Gasteiger partial charge in [0.2, 0.25) is 11.0 Å². The van der Waals surface area contributed by atoms with E-state index in [9.17, 15) is 4.79 Å². The van der Waals surface area contributed by atoms with Gasteiger partial charge in [-0.1, -0.05) is 48.6 Å². The van der Waals surface area contributed by atoms with Crippen LogP contribution in [-0.4, -0.2) is 22.7 Å². The average Bonchev–Trinajstić information content (AvgIpc) is 2.93. The molecule has 21 heavy (non-hydrogen) atoms. The molecule has 112 valence electrons. The number of hydrogen-bond donors (Lipinski definition) is 1. The van der Waals surface area contributed by atoms with Crippen molar-refractivity contribution in [3.63, 3.8) is 0 Å². The van der Waals surface area contributed by atoms with Crippen molar-refractivity contribution in [2.45, 2.75) is 32.8 Å². The molecule has 6 heteroatoms. The summed E-state index contributed by atoms with van der Waals surface area (Å²) in [6, 6.07) is 9.99. The van der Waals surface area contributed by atoms with E-state index < -0.39 is 0 Å². The molecule has 0 saturated carbocycles. The second-order valence-electron chi connectivity index (χ2n) is 4.70. The van der Waals surface area contributed by atoms with Crippen LogP contribution in [0.5, 0.6) is 0 Å². The standard InChI is InChI=1S/C15H19N3O2S/c1-3-20-10-14-17-18-15(21-14)16-13(19)9-11(2)12-7-5-4-6-8-12/h4-8,11H,3,9-10H2,1-2H3,(H,16,18,19)/t11-/m1/s1. The third kappa shape index (κ3) is 4.91. The Labute approximate surface area is 128 Å². The molecule has 1 aromatic carbocycles. The number of nitrogens with one attached hydrogen (secondary N) is 1. The highest BCUT2D eigenvalue weighted by molar-refractivity contribution is 7.15. The summed E-state index contributed by atoms with van der Waals surface area (Å²) in [6.45, 7) is 5.03. The monoisotopic (exact) mass is 305 g/mol. The van der Waals surface area contributed by atoms with Crippen LogP contribution >= 0.6 is 11.3 Å². The largest absolute Gasteiger partial charge is 0.374 e. The number of nitrogens with zero attached hydrogens (tertiary/aromatic N) is 2. The van der Waals surface area contributed by atoms with Crippen LogP contribution < -0.4 is 5.32 Å². The Morgan fingerprint density at radius 3 is 2.81 bits per heavy atom. The highest BCUT2D eigenvalue weighted by Crippen LogP contribution is 2.21. The second kappa shape index (κ2) is 7.85. The first-order chi connectivity index (χ1) is 10.2. The Hall–Kier alpha value is -1.79. The van der Waals surface area contributed by atoms with Gasteiger partial charge in [-0.3, -0.25) is 4.79 Å². The Morgan fingerprint density at radius 2 is 2.10 bits per heavy atom. The Balaban J connectivity index is 1.85. The maximum absolute atomic E-state index is 12.0. The van der Waals surface area contributed by atoms with Crippen LogP contribution in [0.3, 0.4) is 0 Å². The van der Waals surface area contributed by atoms with Crippen LogP contribution in [0.15, 0.2) is 30.3 Å². The maximum atomic E-state index is 12.0. The van der Waals surface area contributed by atoms with Crippen molar-refractivity contribution in [2.75, 3.05) is 11.9 Å². The summed E-state index contributed by atoms with van der Waals surface area (Å²) in [5, 5.41) is 12.0. The topological polar surface area (TPSA) is 64.1 Å². The van der Waals surface area contributed by atoms with E-state index in [1.165, 1.54) is 11.3 Å². The minimum Gasteiger partial charge on any atom is -0.374 e. The van der Waals surface area contributed by atoms with Gasteiger partial charge in [-0.2, -0.15) is 0 Å². The molecule has 5 nitrogen and oxygen atoms in total. The third-order valence-corrected chi connectivity index (χ3v) is 3.82. The molecule has 1 atom stereocenters. The van der Waals surface area contributed by atoms with Crippen LogP contribution in [0.25, 0.3) is 0 Å². The first-order valence-electron chi connectivity index (χ1n) is 6.94. The minimum atomic E-state index is -0.0505. The fourth-order valence-corrected chi connectivity index (χ4v) is 2.59. The number of hydrogen-bond acceptors (Lipinski definition) is 5. The van der Waals surface area contributed by atoms with Crippen molar-refractivity contribution in [1.82, 2.24) is 10.2 Å². The summed E-state index contributed by atoms with van der Waals surface area (Å²) in [6.07, 6.45) is 0.421. The first-order valence-corrected chi connectivity index (χ1v) is 7.75. The van der Waals surface area contributed by atoms with E-state index >= 15 is 0 Å². The number of amides is 1. The van der Waals surface area contributed by atoms with Crippen LogP contribution in [0.4, 0.5) is 5.13 Å². The molecule has 0 aliphatic heterocycles. The van der Waals surface area contributed by atoms with Crippen molar-refractivity contribution < 1.29 is 9.53 Å². The van der Waals surface area contributed by atoms with Gasteiger partial charge >= 0.3 is 0 Å². The van der Waals surface area contributed by atoms with Crippen molar-refractivity contribution >= 4 is 22.4 Å². The molecule has 0 spiro atoms. The molecule has 2 aromatic rings. The van der Waals surface area contributed by atoms with Crippen LogP contribution in [-0.2, 0) is 16.1 Å². The molecule has 0 aliphatic rings. The fraction of sp³-hybridized carbons (Fsp3) is 0.400. The zero-order valence-corrected chi connectivity index (χ0v) is 13.0. The Kier molecular flexibility index (Phi) is 5.83. The van der Waals surface area contributed by atoms with E-state index in [0.29, 0.717) is 24.8 Å². The Bertz CT molecular complexity index is 571. The number of rotatable bonds is 7. The van der Waals surface area contributed by atoms with Gasteiger partial charge in [-0.25, -0.2) is 0 Å². The van der Waals surface area contributed by atoms with E-state index in [1.54, 1.807) is 0 Å². The Morgan fingerprint density at radius 1 is 1.33 bits per heavy atom. The number of ether oxygens (including phenoxy) is 1. The minimum absolute atomic E-state index is 0.0505. The molecule has 1 aromatic heterocycles. The maximum Gasteiger partial charge on any atom is 0.226 e. The van der Waals surface area contributed by atoms with Crippen molar-refractivity contribution in [3.8, 4) is 0 Å². The van der Waals surface area contributed by atoms with Crippen LogP contribution in [0, 0.1) is 0 Å². The number of anilines is 1. The van der Waals surface area contributed by atoms with Gasteiger partial charge in [0, 0.05) is 13.0 Å². The highest BCUT2D eigenvalue weighted by Gasteiger charge is 2.13. The van der Waals surface area contributed by atoms with Crippen molar-refractivity contribution in [1.29, 1.82) is 0 Å². The lowest BCUT2D eigenvalue weighted by molar-refractivity contribution is -0.116. The molecule has 0 radical (unpaired) electrons. The van der Waals surface area contributed by atoms with Crippen LogP contribution in [0.1, 0.15) is 36.8 Å². The van der Waals surface area contributed by atoms with Gasteiger partial charge < -0.3 is 10.1 Å². The van der Waals surface area contributed by atoms with Crippen molar-refractivity contribution in [3.05, 3.63) is 40.9 Å². The molecule has 0 aliphatic carbocycles. The van der Waals surface area contributed by atoms with Gasteiger partial charge in [-0.05, 0) is 18.4 Å². The van der Waals surface area contributed by atoms with E-state index in [4.69, 9.17) is 4.74 Å². The lowest BCUT2D eigenvalue weighted by Crippen LogP contribution is -2.14. The van der Waals surface area contributed by atoms with E-state index in [0.717, 1.165) is 10.6 Å². The average molecular weight is 305 g/mol. The lowest BCUT2D eigenvalue weighted by Gasteiger charge is -2.10. The fourth-order valence-electron chi connectivity index (χ4n) is 1.90. The van der Waals surface area contributed by atoms with Crippen LogP contribution in [0.2, 0.25) is 0 Å². The number of aromatic nitrogens is 2. The normalized spacial score (nSPS) is 12.1. The first kappa shape index (κ1) is 15.6. The summed E-state index contributed by atoms with van der Waals surface area (Å²) < 4.78 is 5.26. The molecule has 0 saturated heterocycles. The molecule has 2 rings (SSSR count). The molecule has 1 amide bonds. The quantitative estimate of drug-likeness (QED) is 0.853. The number of benzene rings is 1. The zero-order chi connectivity index (χ0) is 15.1. The summed E-state index contributed by atoms with van der Waals surface area (Å²) in [5.74, 6) is 0.118. The molecular formula is C15H19N3O2S. The molecule has 0 unspecified atom stereocenters. The number of carbonyl (C=O) groups is 1. The molecule has 0 fully saturated rings. The van der Waals surface area contributed by atoms with Crippen molar-refractivity contribution in [2.24, 2.45) is 0 Å². The van der Waals surface area contributed by atoms with E-state index in [-0.39, 0.29) is 11.8 Å². The summed E-state index contributed by atoms with van der Waals surface area (Å²) in [7, 11) is 0. The molecule has 1 heterocycles. The SMILES string of the molecule is CCOCc1nnc(NC(=O)C[C@@H](C)c2ccccc2)s1. The van der Waals surface area contributed by atoms with Gasteiger partial charge in [0.25, 0.3) is 0 Å². The smallest absolute Gasteiger partial charge is 0.226 e. The summed E-state index contributed by atoms with van der Waals surface area (Å²) in [4.78, 5) is 12.0. The summed E-state index contributed by atoms with van der Waals surface area (Å²) in [5.41, 5.74) is 1.15. The highest BCUT2D eigenvalue weighted by atomic mass is 32.1. The lowest BCUT2D eigenvalue weighted by atomic mass is 9.98. The van der Waals surface area contributed by atoms with Gasteiger partial charge in [0.1, 0.15) is 11.6 Å². The summed E-state index contributed by atoms with van der Waals surface area (Å²) >= 11 is 1.34. The zero-order valence-electron chi connectivity index (χ0n) is 12.2.